The van der Waals surface area contributed by atoms with Crippen LogP contribution in [0.2, 0.25) is 0 Å². The highest BCUT2D eigenvalue weighted by Crippen LogP contribution is 2.62. The van der Waals surface area contributed by atoms with Gasteiger partial charge in [-0.05, 0) is 55.8 Å². The zero-order chi connectivity index (χ0) is 12.6. The highest BCUT2D eigenvalue weighted by molar-refractivity contribution is 9.10. The molecule has 0 heterocycles. The Morgan fingerprint density at radius 3 is 2.56 bits per heavy atom. The van der Waals surface area contributed by atoms with E-state index in [1.807, 2.05) is 0 Å². The molecule has 0 aliphatic heterocycles. The lowest BCUT2D eigenvalue weighted by molar-refractivity contribution is 0.0282. The molecule has 0 bridgehead atoms. The van der Waals surface area contributed by atoms with Crippen LogP contribution in [0.5, 0.6) is 0 Å². The average molecular weight is 308 g/mol. The molecule has 0 atom stereocenters. The summed E-state index contributed by atoms with van der Waals surface area (Å²) in [6, 6.07) is 8.93. The topological polar surface area (TPSA) is 12.0 Å². The molecule has 1 nitrogen and oxygen atoms in total. The fourth-order valence-corrected chi connectivity index (χ4v) is 4.85. The van der Waals surface area contributed by atoms with Crippen LogP contribution in [0.25, 0.3) is 0 Å². The Kier molecular flexibility index (Phi) is 3.27. The van der Waals surface area contributed by atoms with Gasteiger partial charge in [-0.3, -0.25) is 0 Å². The van der Waals surface area contributed by atoms with Crippen molar-refractivity contribution < 1.29 is 0 Å². The van der Waals surface area contributed by atoms with Crippen LogP contribution >= 0.6 is 15.9 Å². The van der Waals surface area contributed by atoms with Crippen molar-refractivity contribution in [3.8, 4) is 0 Å². The van der Waals surface area contributed by atoms with E-state index in [9.17, 15) is 0 Å². The predicted octanol–water partition coefficient (Wildman–Crippen LogP) is 4.26. The number of likely N-dealkylation sites (N-methyl/N-ethyl adjacent to an activating group) is 1. The third-order valence-corrected chi connectivity index (χ3v) is 5.54. The zero-order valence-electron chi connectivity index (χ0n) is 11.1. The fraction of sp³-hybridized carbons (Fsp3) is 0.625. The van der Waals surface area contributed by atoms with E-state index in [1.165, 1.54) is 48.6 Å². The Morgan fingerprint density at radius 2 is 1.94 bits per heavy atom. The highest BCUT2D eigenvalue weighted by atomic mass is 79.9. The van der Waals surface area contributed by atoms with Gasteiger partial charge in [-0.2, -0.15) is 0 Å². The van der Waals surface area contributed by atoms with Crippen molar-refractivity contribution in [2.24, 2.45) is 5.41 Å². The third kappa shape index (κ3) is 2.04. The van der Waals surface area contributed by atoms with E-state index >= 15 is 0 Å². The van der Waals surface area contributed by atoms with E-state index in [1.54, 1.807) is 0 Å². The Labute approximate surface area is 118 Å². The normalized spacial score (nSPS) is 24.1. The monoisotopic (exact) mass is 307 g/mol. The maximum absolute atomic E-state index is 3.61. The van der Waals surface area contributed by atoms with Crippen LogP contribution in [-0.2, 0) is 5.41 Å². The van der Waals surface area contributed by atoms with Gasteiger partial charge in [0.1, 0.15) is 0 Å². The number of hydrogen-bond acceptors (Lipinski definition) is 1. The molecule has 1 N–H and O–H groups in total. The molecule has 98 valence electrons. The van der Waals surface area contributed by atoms with Crippen molar-refractivity contribution in [3.63, 3.8) is 0 Å². The highest BCUT2D eigenvalue weighted by Gasteiger charge is 2.55. The molecular formula is C16H22BrN. The largest absolute Gasteiger partial charge is 0.319 e. The van der Waals surface area contributed by atoms with Gasteiger partial charge in [-0.1, -0.05) is 40.9 Å². The predicted molar refractivity (Wildman–Crippen MR) is 79.9 cm³/mol. The van der Waals surface area contributed by atoms with Crippen LogP contribution in [0.1, 0.15) is 44.1 Å². The number of nitrogens with one attached hydrogen (secondary N) is 1. The quantitative estimate of drug-likeness (QED) is 0.880. The van der Waals surface area contributed by atoms with Crippen molar-refractivity contribution in [3.05, 3.63) is 34.3 Å². The minimum atomic E-state index is 0.392. The molecule has 2 aliphatic carbocycles. The van der Waals surface area contributed by atoms with Crippen LogP contribution in [0.15, 0.2) is 28.7 Å². The molecule has 1 aromatic rings. The lowest BCUT2D eigenvalue weighted by Crippen LogP contribution is -2.53. The molecule has 3 rings (SSSR count). The van der Waals surface area contributed by atoms with Gasteiger partial charge >= 0.3 is 0 Å². The van der Waals surface area contributed by atoms with Crippen LogP contribution in [-0.4, -0.2) is 13.6 Å². The van der Waals surface area contributed by atoms with Crippen molar-refractivity contribution in [1.29, 1.82) is 0 Å². The van der Waals surface area contributed by atoms with Crippen molar-refractivity contribution in [2.45, 2.75) is 43.9 Å². The summed E-state index contributed by atoms with van der Waals surface area (Å²) in [6.07, 6.45) is 8.61. The molecule has 2 saturated carbocycles. The molecule has 2 fully saturated rings. The summed E-state index contributed by atoms with van der Waals surface area (Å²) >= 11 is 3.61. The Hall–Kier alpha value is -0.340. The third-order valence-electron chi connectivity index (χ3n) is 5.04. The Balaban J connectivity index is 1.85. The summed E-state index contributed by atoms with van der Waals surface area (Å²) in [5, 5.41) is 3.42. The van der Waals surface area contributed by atoms with Gasteiger partial charge in [0.05, 0.1) is 0 Å². The fourth-order valence-electron chi connectivity index (χ4n) is 4.45. The first kappa shape index (κ1) is 12.7. The van der Waals surface area contributed by atoms with Crippen LogP contribution in [0, 0.1) is 5.41 Å². The summed E-state index contributed by atoms with van der Waals surface area (Å²) in [4.78, 5) is 0. The summed E-state index contributed by atoms with van der Waals surface area (Å²) in [7, 11) is 2.08. The van der Waals surface area contributed by atoms with Gasteiger partial charge in [-0.15, -0.1) is 0 Å². The first-order valence-electron chi connectivity index (χ1n) is 7.09. The Bertz CT molecular complexity index is 426. The summed E-state index contributed by atoms with van der Waals surface area (Å²) in [5.74, 6) is 0. The molecule has 18 heavy (non-hydrogen) atoms. The maximum Gasteiger partial charge on any atom is 0.0178 e. The van der Waals surface area contributed by atoms with E-state index in [4.69, 9.17) is 0 Å². The van der Waals surface area contributed by atoms with Gasteiger partial charge in [-0.25, -0.2) is 0 Å². The number of hydrogen-bond donors (Lipinski definition) is 1. The van der Waals surface area contributed by atoms with Crippen molar-refractivity contribution >= 4 is 15.9 Å². The summed E-state index contributed by atoms with van der Waals surface area (Å²) in [6.45, 7) is 1.12. The van der Waals surface area contributed by atoms with Crippen LogP contribution in [0.4, 0.5) is 0 Å². The van der Waals surface area contributed by atoms with E-state index in [-0.39, 0.29) is 0 Å². The minimum absolute atomic E-state index is 0.392. The van der Waals surface area contributed by atoms with Gasteiger partial charge in [0.2, 0.25) is 0 Å². The summed E-state index contributed by atoms with van der Waals surface area (Å²) < 4.78 is 1.21. The molecule has 2 aliphatic rings. The van der Waals surface area contributed by atoms with Gasteiger partial charge in [0, 0.05) is 16.4 Å². The van der Waals surface area contributed by atoms with Gasteiger partial charge in [0.25, 0.3) is 0 Å². The Morgan fingerprint density at radius 1 is 1.22 bits per heavy atom. The molecule has 1 aromatic carbocycles. The first-order valence-corrected chi connectivity index (χ1v) is 7.88. The lowest BCUT2D eigenvalue weighted by Gasteiger charge is -2.56. The molecule has 0 saturated heterocycles. The van der Waals surface area contributed by atoms with Gasteiger partial charge < -0.3 is 5.32 Å². The summed E-state index contributed by atoms with van der Waals surface area (Å²) in [5.41, 5.74) is 2.60. The van der Waals surface area contributed by atoms with Crippen molar-refractivity contribution in [2.75, 3.05) is 13.6 Å². The molecule has 1 spiro atoms. The first-order chi connectivity index (χ1) is 8.68. The molecule has 0 radical (unpaired) electrons. The molecular weight excluding hydrogens is 286 g/mol. The zero-order valence-corrected chi connectivity index (χ0v) is 12.7. The van der Waals surface area contributed by atoms with E-state index < -0.39 is 0 Å². The maximum atomic E-state index is 3.61. The van der Waals surface area contributed by atoms with Crippen LogP contribution < -0.4 is 5.32 Å². The smallest absolute Gasteiger partial charge is 0.0178 e. The molecule has 0 unspecified atom stereocenters. The lowest BCUT2D eigenvalue weighted by atomic mass is 9.49. The molecule has 2 heteroatoms. The second-order valence-electron chi connectivity index (χ2n) is 6.38. The van der Waals surface area contributed by atoms with E-state index in [0.717, 1.165) is 6.54 Å². The second-order valence-corrected chi connectivity index (χ2v) is 7.30. The van der Waals surface area contributed by atoms with Crippen molar-refractivity contribution in [1.82, 2.24) is 5.32 Å². The number of halogens is 1. The van der Waals surface area contributed by atoms with E-state index in [2.05, 4.69) is 52.6 Å². The van der Waals surface area contributed by atoms with E-state index in [0.29, 0.717) is 10.8 Å². The second kappa shape index (κ2) is 4.64. The molecule has 0 aromatic heterocycles. The minimum Gasteiger partial charge on any atom is -0.319 e. The van der Waals surface area contributed by atoms with Crippen LogP contribution in [0.3, 0.4) is 0 Å². The number of rotatable bonds is 3. The number of benzene rings is 1. The standard InChI is InChI=1S/C16H22BrN/c1-18-12-16(13-5-4-6-14(17)9-13)10-15(11-16)7-2-3-8-15/h4-6,9,18H,2-3,7-8,10-12H2,1H3. The molecule has 0 amide bonds. The van der Waals surface area contributed by atoms with Gasteiger partial charge in [0.15, 0.2) is 0 Å². The SMILES string of the molecule is CNCC1(c2cccc(Br)c2)CC2(CCCC2)C1. The average Bonchev–Trinajstić information content (AvgIpc) is 2.77.